The first-order valence-electron chi connectivity index (χ1n) is 6.37. The molecule has 1 aromatic rings. The Morgan fingerprint density at radius 3 is 2.62 bits per heavy atom. The Bertz CT molecular complexity index is 601. The minimum Gasteiger partial charge on any atom is -0.496 e. The second kappa shape index (κ2) is 7.39. The number of amides is 1. The van der Waals surface area contributed by atoms with E-state index in [2.05, 4.69) is 10.0 Å². The van der Waals surface area contributed by atoms with Crippen molar-refractivity contribution in [1.82, 2.24) is 10.0 Å². The number of nitrogens with one attached hydrogen (secondary N) is 2. The van der Waals surface area contributed by atoms with Crippen molar-refractivity contribution in [2.45, 2.75) is 24.8 Å². The van der Waals surface area contributed by atoms with Gasteiger partial charge in [-0.2, -0.15) is 4.72 Å². The van der Waals surface area contributed by atoms with E-state index >= 15 is 0 Å². The number of carbonyl (C=O) groups is 1. The average molecular weight is 316 g/mol. The lowest BCUT2D eigenvalue weighted by atomic mass is 10.2. The molecule has 1 atom stereocenters. The number of hydrogen-bond acceptors (Lipinski definition) is 5. The molecule has 0 saturated carbocycles. The molecule has 0 aliphatic carbocycles. The van der Waals surface area contributed by atoms with Gasteiger partial charge in [0.2, 0.25) is 15.9 Å². The smallest absolute Gasteiger partial charge is 0.241 e. The fourth-order valence-electron chi connectivity index (χ4n) is 1.70. The number of ether oxygens (including phenoxy) is 1. The summed E-state index contributed by atoms with van der Waals surface area (Å²) in [6, 6.07) is 3.50. The highest BCUT2D eigenvalue weighted by Gasteiger charge is 2.22. The maximum Gasteiger partial charge on any atom is 0.241 e. The van der Waals surface area contributed by atoms with E-state index in [9.17, 15) is 13.2 Å². The van der Waals surface area contributed by atoms with E-state index in [4.69, 9.17) is 9.84 Å². The number of aliphatic hydroxyl groups excluding tert-OH is 1. The van der Waals surface area contributed by atoms with Crippen LogP contribution in [0, 0.1) is 6.92 Å². The van der Waals surface area contributed by atoms with Crippen LogP contribution in [0.15, 0.2) is 23.1 Å². The summed E-state index contributed by atoms with van der Waals surface area (Å²) >= 11 is 0. The summed E-state index contributed by atoms with van der Waals surface area (Å²) in [6.45, 7) is 3.03. The monoisotopic (exact) mass is 316 g/mol. The van der Waals surface area contributed by atoms with Gasteiger partial charge < -0.3 is 15.2 Å². The SMILES string of the molecule is COc1ccc(S(=O)(=O)N[C@H](C)C(=O)NCCO)cc1C. The molecule has 0 aliphatic rings. The number of benzene rings is 1. The molecule has 1 amide bonds. The quantitative estimate of drug-likeness (QED) is 0.645. The third-order valence-electron chi connectivity index (χ3n) is 2.81. The van der Waals surface area contributed by atoms with Crippen LogP contribution in [0.4, 0.5) is 0 Å². The second-order valence-corrected chi connectivity index (χ2v) is 6.20. The Morgan fingerprint density at radius 1 is 1.43 bits per heavy atom. The molecule has 3 N–H and O–H groups in total. The predicted molar refractivity (Wildman–Crippen MR) is 77.6 cm³/mol. The lowest BCUT2D eigenvalue weighted by molar-refractivity contribution is -0.122. The zero-order chi connectivity index (χ0) is 16.0. The molecule has 0 bridgehead atoms. The number of sulfonamides is 1. The molecule has 7 nitrogen and oxygen atoms in total. The highest BCUT2D eigenvalue weighted by Crippen LogP contribution is 2.21. The summed E-state index contributed by atoms with van der Waals surface area (Å²) in [6.07, 6.45) is 0. The molecule has 0 heterocycles. The summed E-state index contributed by atoms with van der Waals surface area (Å²) in [5.74, 6) is 0.0838. The van der Waals surface area contributed by atoms with Gasteiger partial charge in [-0.3, -0.25) is 4.79 Å². The first-order valence-corrected chi connectivity index (χ1v) is 7.85. The molecule has 0 radical (unpaired) electrons. The maximum atomic E-state index is 12.2. The van der Waals surface area contributed by atoms with Gasteiger partial charge in [0, 0.05) is 6.54 Å². The molecule has 0 aromatic heterocycles. The summed E-state index contributed by atoms with van der Waals surface area (Å²) in [4.78, 5) is 11.7. The van der Waals surface area contributed by atoms with E-state index in [1.54, 1.807) is 13.0 Å². The van der Waals surface area contributed by atoms with Crippen LogP contribution in [-0.4, -0.2) is 45.7 Å². The normalized spacial score (nSPS) is 12.8. The van der Waals surface area contributed by atoms with Crippen molar-refractivity contribution in [3.05, 3.63) is 23.8 Å². The topological polar surface area (TPSA) is 105 Å². The number of carbonyl (C=O) groups excluding carboxylic acids is 1. The molecular weight excluding hydrogens is 296 g/mol. The van der Waals surface area contributed by atoms with E-state index < -0.39 is 22.0 Å². The number of rotatable bonds is 7. The Balaban J connectivity index is 2.86. The van der Waals surface area contributed by atoms with E-state index in [0.29, 0.717) is 11.3 Å². The van der Waals surface area contributed by atoms with E-state index in [0.717, 1.165) is 0 Å². The third kappa shape index (κ3) is 4.69. The van der Waals surface area contributed by atoms with Crippen LogP contribution >= 0.6 is 0 Å². The van der Waals surface area contributed by atoms with Crippen LogP contribution in [0.1, 0.15) is 12.5 Å². The molecule has 8 heteroatoms. The minimum atomic E-state index is -3.81. The van der Waals surface area contributed by atoms with Crippen molar-refractivity contribution >= 4 is 15.9 Å². The van der Waals surface area contributed by atoms with Gasteiger partial charge in [0.25, 0.3) is 0 Å². The predicted octanol–water partition coefficient (Wildman–Crippen LogP) is -0.221. The minimum absolute atomic E-state index is 0.0580. The average Bonchev–Trinajstić information content (AvgIpc) is 2.44. The Kier molecular flexibility index (Phi) is 6.13. The van der Waals surface area contributed by atoms with Gasteiger partial charge in [0.1, 0.15) is 5.75 Å². The van der Waals surface area contributed by atoms with Gasteiger partial charge >= 0.3 is 0 Å². The second-order valence-electron chi connectivity index (χ2n) is 4.49. The van der Waals surface area contributed by atoms with E-state index in [-0.39, 0.29) is 18.0 Å². The lowest BCUT2D eigenvalue weighted by Crippen LogP contribution is -2.45. The molecule has 0 spiro atoms. The summed E-state index contributed by atoms with van der Waals surface area (Å²) < 4.78 is 31.7. The molecule has 0 saturated heterocycles. The zero-order valence-electron chi connectivity index (χ0n) is 12.2. The highest BCUT2D eigenvalue weighted by molar-refractivity contribution is 7.89. The van der Waals surface area contributed by atoms with Crippen LogP contribution in [0.2, 0.25) is 0 Å². The Hall–Kier alpha value is -1.64. The molecule has 0 unspecified atom stereocenters. The zero-order valence-corrected chi connectivity index (χ0v) is 13.0. The van der Waals surface area contributed by atoms with Crippen LogP contribution in [0.25, 0.3) is 0 Å². The summed E-state index contributed by atoms with van der Waals surface area (Å²) in [5, 5.41) is 11.0. The molecule has 0 aliphatic heterocycles. The van der Waals surface area contributed by atoms with Crippen LogP contribution in [-0.2, 0) is 14.8 Å². The van der Waals surface area contributed by atoms with Crippen molar-refractivity contribution in [2.75, 3.05) is 20.3 Å². The third-order valence-corrected chi connectivity index (χ3v) is 4.35. The summed E-state index contributed by atoms with van der Waals surface area (Å²) in [7, 11) is -2.30. The standard InChI is InChI=1S/C13H20N2O5S/c1-9-8-11(4-5-12(9)20-3)21(18,19)15-10(2)13(17)14-6-7-16/h4-5,8,10,15-16H,6-7H2,1-3H3,(H,14,17)/t10-/m1/s1. The van der Waals surface area contributed by atoms with Crippen LogP contribution in [0.5, 0.6) is 5.75 Å². The Morgan fingerprint density at radius 2 is 2.10 bits per heavy atom. The number of hydrogen-bond donors (Lipinski definition) is 3. The van der Waals surface area contributed by atoms with Gasteiger partial charge in [-0.25, -0.2) is 8.42 Å². The fraction of sp³-hybridized carbons (Fsp3) is 0.462. The van der Waals surface area contributed by atoms with Gasteiger partial charge in [0.05, 0.1) is 24.7 Å². The van der Waals surface area contributed by atoms with Crippen molar-refractivity contribution < 1.29 is 23.1 Å². The van der Waals surface area contributed by atoms with Crippen molar-refractivity contribution in [3.63, 3.8) is 0 Å². The number of methoxy groups -OCH3 is 1. The molecule has 21 heavy (non-hydrogen) atoms. The van der Waals surface area contributed by atoms with Crippen molar-refractivity contribution in [3.8, 4) is 5.75 Å². The van der Waals surface area contributed by atoms with Crippen molar-refractivity contribution in [2.24, 2.45) is 0 Å². The maximum absolute atomic E-state index is 12.2. The Labute approximate surface area is 124 Å². The van der Waals surface area contributed by atoms with E-state index in [1.165, 1.54) is 26.2 Å². The summed E-state index contributed by atoms with van der Waals surface area (Å²) in [5.41, 5.74) is 0.678. The van der Waals surface area contributed by atoms with Crippen LogP contribution in [0.3, 0.4) is 0 Å². The highest BCUT2D eigenvalue weighted by atomic mass is 32.2. The lowest BCUT2D eigenvalue weighted by Gasteiger charge is -2.15. The molecule has 1 aromatic carbocycles. The fourth-order valence-corrected chi connectivity index (χ4v) is 2.99. The largest absolute Gasteiger partial charge is 0.496 e. The first-order chi connectivity index (χ1) is 9.81. The molecule has 0 fully saturated rings. The van der Waals surface area contributed by atoms with Gasteiger partial charge in [0.15, 0.2) is 0 Å². The number of aryl methyl sites for hydroxylation is 1. The van der Waals surface area contributed by atoms with Gasteiger partial charge in [-0.05, 0) is 37.6 Å². The van der Waals surface area contributed by atoms with Crippen LogP contribution < -0.4 is 14.8 Å². The first kappa shape index (κ1) is 17.4. The van der Waals surface area contributed by atoms with Gasteiger partial charge in [-0.1, -0.05) is 0 Å². The molecule has 118 valence electrons. The molecular formula is C13H20N2O5S. The molecule has 1 rings (SSSR count). The van der Waals surface area contributed by atoms with Gasteiger partial charge in [-0.15, -0.1) is 0 Å². The van der Waals surface area contributed by atoms with E-state index in [1.807, 2.05) is 0 Å². The van der Waals surface area contributed by atoms with Crippen molar-refractivity contribution in [1.29, 1.82) is 0 Å². The number of aliphatic hydroxyl groups is 1.